The second-order valence-electron chi connectivity index (χ2n) is 5.21. The third kappa shape index (κ3) is 5.93. The molecule has 0 saturated carbocycles. The Kier molecular flexibility index (Phi) is 7.81. The minimum atomic E-state index is -1.01. The van der Waals surface area contributed by atoms with Gasteiger partial charge in [0.1, 0.15) is 12.1 Å². The summed E-state index contributed by atoms with van der Waals surface area (Å²) in [4.78, 5) is 34.7. The fourth-order valence-electron chi connectivity index (χ4n) is 1.93. The van der Waals surface area contributed by atoms with E-state index < -0.39 is 30.2 Å². The van der Waals surface area contributed by atoms with Crippen LogP contribution in [0.4, 0.5) is 9.59 Å². The average molecular weight is 363 g/mol. The van der Waals surface area contributed by atoms with Gasteiger partial charge < -0.3 is 20.0 Å². The summed E-state index contributed by atoms with van der Waals surface area (Å²) in [6, 6.07) is 4.89. The maximum Gasteiger partial charge on any atom is 0.416 e. The molecule has 0 heterocycles. The van der Waals surface area contributed by atoms with Crippen LogP contribution in [-0.4, -0.2) is 42.2 Å². The van der Waals surface area contributed by atoms with E-state index in [0.29, 0.717) is 16.8 Å². The first-order chi connectivity index (χ1) is 12.3. The summed E-state index contributed by atoms with van der Waals surface area (Å²) in [6.07, 6.45) is -0.431. The van der Waals surface area contributed by atoms with E-state index in [0.717, 1.165) is 0 Å². The van der Waals surface area contributed by atoms with Crippen LogP contribution in [0.15, 0.2) is 42.1 Å². The fourth-order valence-corrected chi connectivity index (χ4v) is 1.93. The van der Waals surface area contributed by atoms with E-state index in [-0.39, 0.29) is 0 Å². The van der Waals surface area contributed by atoms with Crippen molar-refractivity contribution < 1.29 is 29.1 Å². The molecule has 0 aliphatic carbocycles. The van der Waals surface area contributed by atoms with Crippen LogP contribution in [0.3, 0.4) is 0 Å². The van der Waals surface area contributed by atoms with Crippen molar-refractivity contribution in [1.82, 2.24) is 10.6 Å². The first-order valence-electron chi connectivity index (χ1n) is 7.59. The second-order valence-corrected chi connectivity index (χ2v) is 5.21. The molecule has 26 heavy (non-hydrogen) atoms. The van der Waals surface area contributed by atoms with Gasteiger partial charge in [0, 0.05) is 0 Å². The number of carbonyl (C=O) groups is 3. The van der Waals surface area contributed by atoms with Crippen LogP contribution in [0.5, 0.6) is 0 Å². The molecule has 9 nitrogen and oxygen atoms in total. The number of hydrogen-bond donors (Lipinski definition) is 3. The van der Waals surface area contributed by atoms with E-state index in [4.69, 9.17) is 9.94 Å². The molecule has 0 aliphatic rings. The lowest BCUT2D eigenvalue weighted by atomic mass is 10.0. The van der Waals surface area contributed by atoms with Gasteiger partial charge in [-0.3, -0.25) is 0 Å². The molecule has 140 valence electrons. The number of esters is 1. The van der Waals surface area contributed by atoms with Gasteiger partial charge in [-0.1, -0.05) is 36.0 Å². The molecule has 2 unspecified atom stereocenters. The Hall–Kier alpha value is -3.36. The molecule has 0 aromatic heterocycles. The van der Waals surface area contributed by atoms with E-state index in [2.05, 4.69) is 21.8 Å². The summed E-state index contributed by atoms with van der Waals surface area (Å²) < 4.78 is 9.58. The van der Waals surface area contributed by atoms with E-state index in [1.165, 1.54) is 20.1 Å². The van der Waals surface area contributed by atoms with E-state index in [1.807, 2.05) is 5.32 Å². The number of urea groups is 1. The second kappa shape index (κ2) is 9.82. The Labute approximate surface area is 150 Å². The highest BCUT2D eigenvalue weighted by Crippen LogP contribution is 2.19. The highest BCUT2D eigenvalue weighted by Gasteiger charge is 2.19. The Balaban J connectivity index is 2.67. The molecule has 0 bridgehead atoms. The summed E-state index contributed by atoms with van der Waals surface area (Å²) in [5.74, 6) is -0.653. The predicted octanol–water partition coefficient (Wildman–Crippen LogP) is 2.11. The molecular weight excluding hydrogens is 342 g/mol. The molecule has 3 N–H and O–H groups in total. The van der Waals surface area contributed by atoms with Gasteiger partial charge >= 0.3 is 18.1 Å². The molecule has 0 saturated heterocycles. The van der Waals surface area contributed by atoms with E-state index >= 15 is 0 Å². The predicted molar refractivity (Wildman–Crippen MR) is 93.0 cm³/mol. The molecule has 0 radical (unpaired) electrons. The number of carbonyl (C=O) groups excluding carboxylic acids is 3. The van der Waals surface area contributed by atoms with Crippen LogP contribution in [-0.2, 0) is 14.3 Å². The minimum Gasteiger partial charge on any atom is -0.467 e. The van der Waals surface area contributed by atoms with Crippen molar-refractivity contribution in [1.29, 1.82) is 0 Å². The topological polar surface area (TPSA) is 126 Å². The van der Waals surface area contributed by atoms with Crippen LogP contribution < -0.4 is 10.6 Å². The van der Waals surface area contributed by atoms with Crippen LogP contribution in [0.1, 0.15) is 31.1 Å². The third-order valence-electron chi connectivity index (χ3n) is 3.37. The highest BCUT2D eigenvalue weighted by molar-refractivity contribution is 5.98. The number of methoxy groups -OCH3 is 1. The summed E-state index contributed by atoms with van der Waals surface area (Å²) in [7, 11) is 1.18. The molecule has 1 rings (SSSR count). The number of benzene rings is 1. The van der Waals surface area contributed by atoms with Crippen LogP contribution in [0.2, 0.25) is 0 Å². The number of ether oxygens (including phenoxy) is 2. The van der Waals surface area contributed by atoms with Crippen molar-refractivity contribution in [3.05, 3.63) is 48.0 Å². The summed E-state index contributed by atoms with van der Waals surface area (Å²) in [5.41, 5.74) is 1.73. The number of alkyl carbamates (subject to hydrolysis) is 1. The molecule has 0 aliphatic heterocycles. The maximum atomic E-state index is 11.8. The number of hydrogen-bond acceptors (Lipinski definition) is 7. The summed E-state index contributed by atoms with van der Waals surface area (Å²) in [5, 5.41) is 16.0. The summed E-state index contributed by atoms with van der Waals surface area (Å²) in [6.45, 7) is 6.64. The summed E-state index contributed by atoms with van der Waals surface area (Å²) >= 11 is 0. The zero-order chi connectivity index (χ0) is 19.7. The van der Waals surface area contributed by atoms with Gasteiger partial charge in [0.05, 0.1) is 12.8 Å². The quantitative estimate of drug-likeness (QED) is 0.234. The van der Waals surface area contributed by atoms with E-state index in [9.17, 15) is 14.4 Å². The molecule has 0 spiro atoms. The smallest absolute Gasteiger partial charge is 0.416 e. The SMILES string of the molecule is C=CC(OC(=O)NC(=O)NC(C)C(=O)OC)c1ccc(/C(C)=N/O)cc1. The minimum absolute atomic E-state index is 0.432. The van der Waals surface area contributed by atoms with Crippen LogP contribution >= 0.6 is 0 Å². The molecule has 3 amide bonds. The average Bonchev–Trinajstić information content (AvgIpc) is 2.64. The Bertz CT molecular complexity index is 699. The van der Waals surface area contributed by atoms with Crippen molar-refractivity contribution >= 4 is 23.8 Å². The molecule has 1 aromatic carbocycles. The maximum absolute atomic E-state index is 11.8. The van der Waals surface area contributed by atoms with Gasteiger partial charge in [-0.15, -0.1) is 0 Å². The lowest BCUT2D eigenvalue weighted by Crippen LogP contribution is -2.47. The van der Waals surface area contributed by atoms with Crippen molar-refractivity contribution in [2.45, 2.75) is 26.0 Å². The van der Waals surface area contributed by atoms with Crippen molar-refractivity contribution in [2.24, 2.45) is 5.16 Å². The largest absolute Gasteiger partial charge is 0.467 e. The Morgan fingerprint density at radius 3 is 2.38 bits per heavy atom. The van der Waals surface area contributed by atoms with Crippen molar-refractivity contribution in [2.75, 3.05) is 7.11 Å². The van der Waals surface area contributed by atoms with Gasteiger partial charge in [0.25, 0.3) is 0 Å². The number of oxime groups is 1. The standard InChI is InChI=1S/C17H21N3O6/c1-5-14(13-8-6-12(7-9-13)10(2)20-24)26-17(23)19-16(22)18-11(3)15(21)25-4/h5-9,11,14,24H,1H2,2-4H3,(H2,18,19,22,23)/b20-10+. The lowest BCUT2D eigenvalue weighted by Gasteiger charge is -2.16. The lowest BCUT2D eigenvalue weighted by molar-refractivity contribution is -0.142. The van der Waals surface area contributed by atoms with Gasteiger partial charge in [-0.2, -0.15) is 0 Å². The first kappa shape index (κ1) is 20.7. The Morgan fingerprint density at radius 1 is 1.27 bits per heavy atom. The van der Waals surface area contributed by atoms with Gasteiger partial charge in [-0.25, -0.2) is 19.7 Å². The zero-order valence-corrected chi connectivity index (χ0v) is 14.7. The number of nitrogens with zero attached hydrogens (tertiary/aromatic N) is 1. The normalized spacial score (nSPS) is 13.1. The van der Waals surface area contributed by atoms with Crippen LogP contribution in [0, 0.1) is 0 Å². The van der Waals surface area contributed by atoms with Crippen LogP contribution in [0.25, 0.3) is 0 Å². The number of amides is 3. The first-order valence-corrected chi connectivity index (χ1v) is 7.59. The monoisotopic (exact) mass is 363 g/mol. The number of nitrogens with one attached hydrogen (secondary N) is 2. The van der Waals surface area contributed by atoms with E-state index in [1.54, 1.807) is 31.2 Å². The van der Waals surface area contributed by atoms with Crippen molar-refractivity contribution in [3.8, 4) is 0 Å². The zero-order valence-electron chi connectivity index (χ0n) is 14.7. The highest BCUT2D eigenvalue weighted by atomic mass is 16.6. The fraction of sp³-hybridized carbons (Fsp3) is 0.294. The van der Waals surface area contributed by atoms with Gasteiger partial charge in [0.15, 0.2) is 0 Å². The Morgan fingerprint density at radius 2 is 1.88 bits per heavy atom. The third-order valence-corrected chi connectivity index (χ3v) is 3.37. The van der Waals surface area contributed by atoms with Crippen molar-refractivity contribution in [3.63, 3.8) is 0 Å². The number of rotatable bonds is 6. The molecule has 9 heteroatoms. The molecule has 0 fully saturated rings. The molecular formula is C17H21N3O6. The molecule has 2 atom stereocenters. The van der Waals surface area contributed by atoms with Gasteiger partial charge in [0.2, 0.25) is 0 Å². The number of imide groups is 1. The van der Waals surface area contributed by atoms with Gasteiger partial charge in [-0.05, 0) is 31.1 Å². The molecule has 1 aromatic rings.